The van der Waals surface area contributed by atoms with Crippen LogP contribution in [0.25, 0.3) is 0 Å². The quantitative estimate of drug-likeness (QED) is 0.887. The molecular weight excluding hydrogens is 220 g/mol. The number of hydrogen-bond donors (Lipinski definition) is 1. The average molecular weight is 246 g/mol. The summed E-state index contributed by atoms with van der Waals surface area (Å²) in [5, 5.41) is 0. The lowest BCUT2D eigenvalue weighted by atomic mass is 9.95. The van der Waals surface area contributed by atoms with Crippen molar-refractivity contribution in [3.63, 3.8) is 0 Å². The van der Waals surface area contributed by atoms with Crippen molar-refractivity contribution >= 4 is 0 Å². The van der Waals surface area contributed by atoms with Gasteiger partial charge in [0.1, 0.15) is 0 Å². The Labute approximate surface area is 111 Å². The predicted molar refractivity (Wildman–Crippen MR) is 77.6 cm³/mol. The van der Waals surface area contributed by atoms with Crippen LogP contribution in [0.2, 0.25) is 0 Å². The Kier molecular flexibility index (Phi) is 4.79. The summed E-state index contributed by atoms with van der Waals surface area (Å²) in [7, 11) is 0. The van der Waals surface area contributed by atoms with Crippen LogP contribution in [0, 0.1) is 6.92 Å². The molecule has 2 heteroatoms. The van der Waals surface area contributed by atoms with E-state index in [4.69, 9.17) is 5.73 Å². The van der Waals surface area contributed by atoms with Gasteiger partial charge in [-0.25, -0.2) is 0 Å². The van der Waals surface area contributed by atoms with Crippen LogP contribution < -0.4 is 5.73 Å². The SMILES string of the molecule is CCCN1CCCCC(N)C1c1ccc(C)cc1. The molecule has 0 aromatic heterocycles. The third kappa shape index (κ3) is 3.12. The fraction of sp³-hybridized carbons (Fsp3) is 0.625. The van der Waals surface area contributed by atoms with E-state index in [9.17, 15) is 0 Å². The van der Waals surface area contributed by atoms with Gasteiger partial charge in [0.2, 0.25) is 0 Å². The molecule has 2 unspecified atom stereocenters. The molecule has 0 radical (unpaired) electrons. The first-order valence-electron chi connectivity index (χ1n) is 7.28. The van der Waals surface area contributed by atoms with Gasteiger partial charge in [-0.3, -0.25) is 4.90 Å². The lowest BCUT2D eigenvalue weighted by molar-refractivity contribution is 0.186. The minimum Gasteiger partial charge on any atom is -0.326 e. The van der Waals surface area contributed by atoms with Crippen molar-refractivity contribution in [3.8, 4) is 0 Å². The van der Waals surface area contributed by atoms with Gasteiger partial charge >= 0.3 is 0 Å². The standard InChI is InChI=1S/C16H26N2/c1-3-11-18-12-5-4-6-15(17)16(18)14-9-7-13(2)8-10-14/h7-10,15-16H,3-6,11-12,17H2,1-2H3. The molecule has 2 atom stereocenters. The highest BCUT2D eigenvalue weighted by Crippen LogP contribution is 2.29. The van der Waals surface area contributed by atoms with Crippen LogP contribution in [-0.4, -0.2) is 24.0 Å². The van der Waals surface area contributed by atoms with Crippen molar-refractivity contribution in [3.05, 3.63) is 35.4 Å². The molecule has 0 amide bonds. The van der Waals surface area contributed by atoms with Crippen molar-refractivity contribution in [2.45, 2.75) is 51.6 Å². The smallest absolute Gasteiger partial charge is 0.0499 e. The number of hydrogen-bond acceptors (Lipinski definition) is 2. The number of benzene rings is 1. The molecule has 1 aliphatic rings. The molecule has 0 aliphatic carbocycles. The van der Waals surface area contributed by atoms with Gasteiger partial charge in [0.25, 0.3) is 0 Å². The molecule has 0 spiro atoms. The Morgan fingerprint density at radius 3 is 2.61 bits per heavy atom. The van der Waals surface area contributed by atoms with Gasteiger partial charge in [-0.15, -0.1) is 0 Å². The Bertz CT molecular complexity index is 358. The summed E-state index contributed by atoms with van der Waals surface area (Å²) in [5.41, 5.74) is 9.14. The maximum Gasteiger partial charge on any atom is 0.0499 e. The van der Waals surface area contributed by atoms with E-state index in [1.165, 1.54) is 36.9 Å². The third-order valence-electron chi connectivity index (χ3n) is 3.96. The maximum atomic E-state index is 6.43. The molecule has 0 saturated carbocycles. The zero-order valence-corrected chi connectivity index (χ0v) is 11.7. The number of nitrogens with two attached hydrogens (primary N) is 1. The first-order chi connectivity index (χ1) is 8.72. The fourth-order valence-corrected chi connectivity index (χ4v) is 3.02. The fourth-order valence-electron chi connectivity index (χ4n) is 3.02. The highest BCUT2D eigenvalue weighted by Gasteiger charge is 2.27. The molecule has 1 aromatic carbocycles. The lowest BCUT2D eigenvalue weighted by Gasteiger charge is -2.33. The minimum atomic E-state index is 0.279. The molecule has 1 saturated heterocycles. The van der Waals surface area contributed by atoms with E-state index in [1.54, 1.807) is 0 Å². The predicted octanol–water partition coefficient (Wildman–Crippen LogP) is 3.26. The third-order valence-corrected chi connectivity index (χ3v) is 3.96. The monoisotopic (exact) mass is 246 g/mol. The van der Waals surface area contributed by atoms with Gasteiger partial charge in [0.15, 0.2) is 0 Å². The zero-order chi connectivity index (χ0) is 13.0. The van der Waals surface area contributed by atoms with Crippen molar-refractivity contribution in [1.82, 2.24) is 4.90 Å². The summed E-state index contributed by atoms with van der Waals surface area (Å²) >= 11 is 0. The van der Waals surface area contributed by atoms with Gasteiger partial charge < -0.3 is 5.73 Å². The van der Waals surface area contributed by atoms with E-state index in [0.717, 1.165) is 13.0 Å². The molecule has 2 nitrogen and oxygen atoms in total. The second kappa shape index (κ2) is 6.35. The van der Waals surface area contributed by atoms with Crippen molar-refractivity contribution in [2.24, 2.45) is 5.73 Å². The summed E-state index contributed by atoms with van der Waals surface area (Å²) in [4.78, 5) is 2.59. The van der Waals surface area contributed by atoms with Crippen LogP contribution in [0.5, 0.6) is 0 Å². The maximum absolute atomic E-state index is 6.43. The molecule has 2 rings (SSSR count). The van der Waals surface area contributed by atoms with E-state index in [2.05, 4.69) is 43.0 Å². The summed E-state index contributed by atoms with van der Waals surface area (Å²) < 4.78 is 0. The second-order valence-corrected chi connectivity index (χ2v) is 5.55. The first-order valence-corrected chi connectivity index (χ1v) is 7.28. The minimum absolute atomic E-state index is 0.279. The Hall–Kier alpha value is -0.860. The van der Waals surface area contributed by atoms with E-state index in [0.29, 0.717) is 6.04 Å². The van der Waals surface area contributed by atoms with E-state index >= 15 is 0 Å². The number of aryl methyl sites for hydroxylation is 1. The van der Waals surface area contributed by atoms with Crippen molar-refractivity contribution in [1.29, 1.82) is 0 Å². The van der Waals surface area contributed by atoms with Crippen LogP contribution in [0.1, 0.15) is 49.8 Å². The van der Waals surface area contributed by atoms with Crippen LogP contribution in [0.15, 0.2) is 24.3 Å². The molecule has 0 bridgehead atoms. The van der Waals surface area contributed by atoms with E-state index < -0.39 is 0 Å². The van der Waals surface area contributed by atoms with Crippen molar-refractivity contribution < 1.29 is 0 Å². The van der Waals surface area contributed by atoms with Gasteiger partial charge in [0, 0.05) is 12.1 Å². The van der Waals surface area contributed by atoms with Gasteiger partial charge in [-0.05, 0) is 44.8 Å². The van der Waals surface area contributed by atoms with Crippen LogP contribution in [0.3, 0.4) is 0 Å². The normalized spacial score (nSPS) is 25.9. The summed E-state index contributed by atoms with van der Waals surface area (Å²) in [6, 6.07) is 9.62. The summed E-state index contributed by atoms with van der Waals surface area (Å²) in [5.74, 6) is 0. The molecule has 18 heavy (non-hydrogen) atoms. The van der Waals surface area contributed by atoms with Crippen LogP contribution in [0.4, 0.5) is 0 Å². The zero-order valence-electron chi connectivity index (χ0n) is 11.7. The second-order valence-electron chi connectivity index (χ2n) is 5.55. The molecule has 100 valence electrons. The van der Waals surface area contributed by atoms with Crippen LogP contribution >= 0.6 is 0 Å². The molecule has 1 aliphatic heterocycles. The molecule has 2 N–H and O–H groups in total. The average Bonchev–Trinajstić information content (AvgIpc) is 2.53. The molecule has 1 fully saturated rings. The number of rotatable bonds is 3. The van der Waals surface area contributed by atoms with Gasteiger partial charge in [-0.1, -0.05) is 43.2 Å². The summed E-state index contributed by atoms with van der Waals surface area (Å²) in [6.45, 7) is 6.75. The molecule has 1 heterocycles. The van der Waals surface area contributed by atoms with E-state index in [-0.39, 0.29) is 6.04 Å². The molecule has 1 aromatic rings. The largest absolute Gasteiger partial charge is 0.326 e. The van der Waals surface area contributed by atoms with Gasteiger partial charge in [0.05, 0.1) is 0 Å². The summed E-state index contributed by atoms with van der Waals surface area (Å²) in [6.07, 6.45) is 4.91. The Balaban J connectivity index is 2.24. The van der Waals surface area contributed by atoms with Crippen LogP contribution in [-0.2, 0) is 0 Å². The highest BCUT2D eigenvalue weighted by atomic mass is 15.2. The number of likely N-dealkylation sites (tertiary alicyclic amines) is 1. The van der Waals surface area contributed by atoms with Crippen molar-refractivity contribution in [2.75, 3.05) is 13.1 Å². The highest BCUT2D eigenvalue weighted by molar-refractivity contribution is 5.25. The lowest BCUT2D eigenvalue weighted by Crippen LogP contribution is -2.40. The Morgan fingerprint density at radius 1 is 1.22 bits per heavy atom. The Morgan fingerprint density at radius 2 is 1.94 bits per heavy atom. The first kappa shape index (κ1) is 13.6. The number of nitrogens with zero attached hydrogens (tertiary/aromatic N) is 1. The van der Waals surface area contributed by atoms with E-state index in [1.807, 2.05) is 0 Å². The molecular formula is C16H26N2. The topological polar surface area (TPSA) is 29.3 Å². The van der Waals surface area contributed by atoms with Gasteiger partial charge in [-0.2, -0.15) is 0 Å².